The number of aromatic nitrogens is 2. The molecule has 0 spiro atoms. The van der Waals surface area contributed by atoms with Gasteiger partial charge in [-0.2, -0.15) is 0 Å². The third-order valence-corrected chi connectivity index (χ3v) is 3.81. The van der Waals surface area contributed by atoms with Gasteiger partial charge in [-0.15, -0.1) is 4.68 Å². The van der Waals surface area contributed by atoms with Crippen molar-refractivity contribution in [3.8, 4) is 5.69 Å². The van der Waals surface area contributed by atoms with Crippen LogP contribution >= 0.6 is 0 Å². The van der Waals surface area contributed by atoms with Crippen LogP contribution in [-0.2, 0) is 20.7 Å². The molecule has 0 unspecified atom stereocenters. The average Bonchev–Trinajstić information content (AvgIpc) is 3.03. The minimum absolute atomic E-state index is 0.169. The molecule has 1 heterocycles. The number of methoxy groups -OCH3 is 1. The summed E-state index contributed by atoms with van der Waals surface area (Å²) < 4.78 is 11.2. The third kappa shape index (κ3) is 6.03. The lowest BCUT2D eigenvalue weighted by Crippen LogP contribution is -2.45. The second kappa shape index (κ2) is 8.72. The van der Waals surface area contributed by atoms with E-state index in [0.29, 0.717) is 5.69 Å². The Hall–Kier alpha value is -3.43. The van der Waals surface area contributed by atoms with Gasteiger partial charge in [0.15, 0.2) is 0 Å². The Bertz CT molecular complexity index is 916. The lowest BCUT2D eigenvalue weighted by molar-refractivity contribution is -0.390. The maximum Gasteiger partial charge on any atom is 0.408 e. The summed E-state index contributed by atoms with van der Waals surface area (Å²) in [4.78, 5) is 35.0. The molecule has 1 aromatic carbocycles. The summed E-state index contributed by atoms with van der Waals surface area (Å²) in [7, 11) is 1.16. The van der Waals surface area contributed by atoms with Crippen molar-refractivity contribution in [2.75, 3.05) is 7.11 Å². The van der Waals surface area contributed by atoms with E-state index in [1.807, 2.05) is 19.1 Å². The van der Waals surface area contributed by atoms with Crippen molar-refractivity contribution < 1.29 is 24.0 Å². The number of hydrogen-bond donors (Lipinski definition) is 1. The molecule has 0 saturated heterocycles. The number of carbonyl (C=O) groups excluding carboxylic acids is 2. The molecule has 0 aliphatic carbocycles. The van der Waals surface area contributed by atoms with Crippen LogP contribution in [0.1, 0.15) is 31.9 Å². The van der Waals surface area contributed by atoms with E-state index in [0.717, 1.165) is 12.7 Å². The predicted octanol–water partition coefficient (Wildman–Crippen LogP) is 2.70. The van der Waals surface area contributed by atoms with Crippen molar-refractivity contribution in [3.05, 3.63) is 51.7 Å². The number of hydrogen-bond acceptors (Lipinski definition) is 7. The lowest BCUT2D eigenvalue weighted by atomic mass is 10.1. The highest BCUT2D eigenvalue weighted by molar-refractivity contribution is 5.81. The van der Waals surface area contributed by atoms with Gasteiger partial charge < -0.3 is 24.9 Å². The highest BCUT2D eigenvalue weighted by atomic mass is 16.6. The quantitative estimate of drug-likeness (QED) is 0.446. The zero-order chi connectivity index (χ0) is 21.8. The van der Waals surface area contributed by atoms with Gasteiger partial charge in [-0.25, -0.2) is 9.59 Å². The summed E-state index contributed by atoms with van der Waals surface area (Å²) in [5, 5.41) is 17.9. The number of aryl methyl sites for hydroxylation is 1. The Kier molecular flexibility index (Phi) is 6.57. The van der Waals surface area contributed by atoms with Crippen LogP contribution in [-0.4, -0.2) is 45.5 Å². The van der Waals surface area contributed by atoms with Gasteiger partial charge in [0.2, 0.25) is 0 Å². The van der Waals surface area contributed by atoms with Crippen molar-refractivity contribution in [3.63, 3.8) is 0 Å². The molecular weight excluding hydrogens is 380 g/mol. The molecule has 29 heavy (non-hydrogen) atoms. The minimum Gasteiger partial charge on any atom is -0.467 e. The molecule has 0 radical (unpaired) electrons. The lowest BCUT2D eigenvalue weighted by Gasteiger charge is -2.22. The van der Waals surface area contributed by atoms with Gasteiger partial charge in [0.1, 0.15) is 11.6 Å². The molecule has 0 aliphatic rings. The van der Waals surface area contributed by atoms with Gasteiger partial charge >= 0.3 is 17.9 Å². The normalized spacial score (nSPS) is 12.2. The SMILES string of the molecule is COC(=O)[C@H](Cc1cn(-c2cccc(C)c2)nc1[N+](=O)[O-])NC(=O)OC(C)(C)C. The number of benzene rings is 1. The first-order valence-corrected chi connectivity index (χ1v) is 8.87. The molecule has 0 bridgehead atoms. The third-order valence-electron chi connectivity index (χ3n) is 3.81. The number of alkyl carbamates (subject to hydrolysis) is 1. The summed E-state index contributed by atoms with van der Waals surface area (Å²) in [5.41, 5.74) is 0.991. The van der Waals surface area contributed by atoms with Crippen LogP contribution in [0, 0.1) is 17.0 Å². The van der Waals surface area contributed by atoms with Crippen LogP contribution in [0.25, 0.3) is 5.69 Å². The Labute approximate surface area is 167 Å². The number of rotatable bonds is 6. The molecule has 10 heteroatoms. The van der Waals surface area contributed by atoms with E-state index >= 15 is 0 Å². The van der Waals surface area contributed by atoms with Crippen LogP contribution in [0.4, 0.5) is 10.6 Å². The summed E-state index contributed by atoms with van der Waals surface area (Å²) in [6.45, 7) is 6.92. The molecule has 156 valence electrons. The number of nitro groups is 1. The largest absolute Gasteiger partial charge is 0.467 e. The molecule has 10 nitrogen and oxygen atoms in total. The number of nitrogens with one attached hydrogen (secondary N) is 1. The minimum atomic E-state index is -1.18. The van der Waals surface area contributed by atoms with E-state index in [4.69, 9.17) is 9.47 Å². The van der Waals surface area contributed by atoms with E-state index in [9.17, 15) is 19.7 Å². The van der Waals surface area contributed by atoms with E-state index in [-0.39, 0.29) is 12.0 Å². The maximum absolute atomic E-state index is 12.1. The predicted molar refractivity (Wildman–Crippen MR) is 104 cm³/mol. The highest BCUT2D eigenvalue weighted by Gasteiger charge is 2.30. The Morgan fingerprint density at radius 2 is 2.03 bits per heavy atom. The fraction of sp³-hybridized carbons (Fsp3) is 0.421. The van der Waals surface area contributed by atoms with Crippen molar-refractivity contribution in [1.29, 1.82) is 0 Å². The number of nitrogens with zero attached hydrogens (tertiary/aromatic N) is 3. The molecule has 2 aromatic rings. The fourth-order valence-corrected chi connectivity index (χ4v) is 2.61. The molecule has 0 aliphatic heterocycles. The van der Waals surface area contributed by atoms with Crippen molar-refractivity contribution in [2.45, 2.75) is 45.8 Å². The van der Waals surface area contributed by atoms with Gasteiger partial charge in [-0.05, 0) is 50.3 Å². The molecule has 1 aromatic heterocycles. The summed E-state index contributed by atoms with van der Waals surface area (Å²) in [5.74, 6) is -1.17. The number of esters is 1. The van der Waals surface area contributed by atoms with Gasteiger partial charge in [0.25, 0.3) is 0 Å². The zero-order valence-electron chi connectivity index (χ0n) is 17.0. The Balaban J connectivity index is 2.33. The smallest absolute Gasteiger partial charge is 0.408 e. The zero-order valence-corrected chi connectivity index (χ0v) is 17.0. The van der Waals surface area contributed by atoms with E-state index in [1.165, 1.54) is 10.9 Å². The first-order valence-electron chi connectivity index (χ1n) is 8.87. The molecule has 1 N–H and O–H groups in total. The first-order chi connectivity index (χ1) is 13.5. The van der Waals surface area contributed by atoms with Crippen LogP contribution < -0.4 is 5.32 Å². The summed E-state index contributed by atoms with van der Waals surface area (Å²) in [6.07, 6.45) is 0.440. The van der Waals surface area contributed by atoms with Crippen LogP contribution in [0.3, 0.4) is 0 Å². The Morgan fingerprint density at radius 1 is 1.34 bits per heavy atom. The summed E-state index contributed by atoms with van der Waals surface area (Å²) >= 11 is 0. The second-order valence-corrected chi connectivity index (χ2v) is 7.44. The van der Waals surface area contributed by atoms with E-state index in [2.05, 4.69) is 10.4 Å². The number of amides is 1. The van der Waals surface area contributed by atoms with E-state index in [1.54, 1.807) is 32.9 Å². The van der Waals surface area contributed by atoms with Gasteiger partial charge in [0.05, 0.1) is 29.7 Å². The molecular formula is C19H24N4O6. The van der Waals surface area contributed by atoms with Crippen molar-refractivity contribution in [2.24, 2.45) is 0 Å². The maximum atomic E-state index is 12.1. The molecule has 1 atom stereocenters. The van der Waals surface area contributed by atoms with Gasteiger partial charge in [0, 0.05) is 6.42 Å². The Morgan fingerprint density at radius 3 is 2.59 bits per heavy atom. The first kappa shape index (κ1) is 21.9. The standard InChI is InChI=1S/C19H24N4O6/c1-12-7-6-8-14(9-12)22-11-13(16(21-22)23(26)27)10-15(17(24)28-5)20-18(25)29-19(2,3)4/h6-9,11,15H,10H2,1-5H3,(H,20,25)/t15-/m0/s1. The average molecular weight is 404 g/mol. The second-order valence-electron chi connectivity index (χ2n) is 7.44. The van der Waals surface area contributed by atoms with Crippen LogP contribution in [0.15, 0.2) is 30.5 Å². The van der Waals surface area contributed by atoms with Crippen LogP contribution in [0.5, 0.6) is 0 Å². The van der Waals surface area contributed by atoms with Crippen molar-refractivity contribution >= 4 is 17.9 Å². The number of carbonyl (C=O) groups is 2. The summed E-state index contributed by atoms with van der Waals surface area (Å²) in [6, 6.07) is 6.09. The molecule has 2 rings (SSSR count). The molecule has 1 amide bonds. The van der Waals surface area contributed by atoms with Gasteiger partial charge in [-0.1, -0.05) is 12.1 Å². The van der Waals surface area contributed by atoms with Crippen LogP contribution in [0.2, 0.25) is 0 Å². The van der Waals surface area contributed by atoms with Crippen molar-refractivity contribution in [1.82, 2.24) is 15.1 Å². The van der Waals surface area contributed by atoms with E-state index < -0.39 is 34.4 Å². The molecule has 0 saturated carbocycles. The highest BCUT2D eigenvalue weighted by Crippen LogP contribution is 2.21. The molecule has 0 fully saturated rings. The topological polar surface area (TPSA) is 126 Å². The monoisotopic (exact) mass is 404 g/mol. The van der Waals surface area contributed by atoms with Gasteiger partial charge in [-0.3, -0.25) is 0 Å². The number of ether oxygens (including phenoxy) is 2. The fourth-order valence-electron chi connectivity index (χ4n) is 2.61.